The maximum atomic E-state index is 12.6. The third kappa shape index (κ3) is 7.25. The van der Waals surface area contributed by atoms with Crippen molar-refractivity contribution in [1.29, 1.82) is 0 Å². The van der Waals surface area contributed by atoms with Gasteiger partial charge in [-0.2, -0.15) is 0 Å². The predicted octanol–water partition coefficient (Wildman–Crippen LogP) is 4.80. The van der Waals surface area contributed by atoms with Gasteiger partial charge in [-0.05, 0) is 48.1 Å². The van der Waals surface area contributed by atoms with E-state index in [-0.39, 0.29) is 23.7 Å². The van der Waals surface area contributed by atoms with Crippen LogP contribution in [0.2, 0.25) is 0 Å². The van der Waals surface area contributed by atoms with Gasteiger partial charge in [0.2, 0.25) is 5.91 Å². The van der Waals surface area contributed by atoms with E-state index in [2.05, 4.69) is 5.32 Å². The normalized spacial score (nSPS) is 16.4. The highest BCUT2D eigenvalue weighted by Gasteiger charge is 2.32. The number of anilines is 1. The van der Waals surface area contributed by atoms with Crippen molar-refractivity contribution < 1.29 is 9.00 Å². The minimum Gasteiger partial charge on any atom is -0.330 e. The molecule has 1 atom stereocenters. The molecule has 1 amide bonds. The summed E-state index contributed by atoms with van der Waals surface area (Å²) in [5, 5.41) is 3.02. The average molecular weight is 435 g/mol. The van der Waals surface area contributed by atoms with E-state index in [9.17, 15) is 9.00 Å². The lowest BCUT2D eigenvalue weighted by Crippen LogP contribution is -2.36. The lowest BCUT2D eigenvalue weighted by Gasteiger charge is -2.35. The fourth-order valence-electron chi connectivity index (χ4n) is 4.04. The second-order valence-electron chi connectivity index (χ2n) is 7.90. The monoisotopic (exact) mass is 434 g/mol. The first-order valence-corrected chi connectivity index (χ1v) is 11.6. The highest BCUT2D eigenvalue weighted by molar-refractivity contribution is 7.83. The van der Waals surface area contributed by atoms with Gasteiger partial charge in [-0.15, -0.1) is 12.4 Å². The Morgan fingerprint density at radius 2 is 1.62 bits per heavy atom. The summed E-state index contributed by atoms with van der Waals surface area (Å²) in [7, 11) is -0.986. The molecule has 1 fully saturated rings. The molecule has 158 valence electrons. The predicted molar refractivity (Wildman–Crippen MR) is 124 cm³/mol. The van der Waals surface area contributed by atoms with Crippen LogP contribution in [0.15, 0.2) is 54.6 Å². The van der Waals surface area contributed by atoms with Crippen LogP contribution < -0.4 is 11.1 Å². The van der Waals surface area contributed by atoms with Gasteiger partial charge in [-0.3, -0.25) is 9.00 Å². The molecule has 1 unspecified atom stereocenters. The molecule has 0 aromatic heterocycles. The Bertz CT molecular complexity index is 808. The second kappa shape index (κ2) is 11.5. The minimum atomic E-state index is -0.986. The molecule has 2 aromatic carbocycles. The molecule has 0 aliphatic heterocycles. The third-order valence-electron chi connectivity index (χ3n) is 5.59. The Morgan fingerprint density at radius 3 is 2.31 bits per heavy atom. The molecule has 29 heavy (non-hydrogen) atoms. The SMILES string of the molecule is Cl.NCC1(CC(=O)Nc2cccc(CS(=O)Cc3ccccc3)c2)CCCCC1. The van der Waals surface area contributed by atoms with Crippen LogP contribution >= 0.6 is 12.4 Å². The lowest BCUT2D eigenvalue weighted by molar-refractivity contribution is -0.118. The van der Waals surface area contributed by atoms with Crippen LogP contribution in [0, 0.1) is 5.41 Å². The number of amides is 1. The van der Waals surface area contributed by atoms with Crippen LogP contribution in [0.3, 0.4) is 0 Å². The highest BCUT2D eigenvalue weighted by atomic mass is 35.5. The Labute approximate surface area is 182 Å². The summed E-state index contributed by atoms with van der Waals surface area (Å²) in [6, 6.07) is 17.5. The fourth-order valence-corrected chi connectivity index (χ4v) is 5.25. The van der Waals surface area contributed by atoms with E-state index >= 15 is 0 Å². The van der Waals surface area contributed by atoms with Crippen LogP contribution in [-0.4, -0.2) is 16.7 Å². The van der Waals surface area contributed by atoms with Crippen LogP contribution in [0.1, 0.15) is 49.7 Å². The zero-order chi connectivity index (χ0) is 19.8. The second-order valence-corrected chi connectivity index (χ2v) is 9.36. The summed E-state index contributed by atoms with van der Waals surface area (Å²) in [5.41, 5.74) is 8.77. The van der Waals surface area contributed by atoms with Crippen molar-refractivity contribution in [3.63, 3.8) is 0 Å². The van der Waals surface area contributed by atoms with E-state index in [4.69, 9.17) is 5.73 Å². The summed E-state index contributed by atoms with van der Waals surface area (Å²) in [4.78, 5) is 12.6. The van der Waals surface area contributed by atoms with Crippen molar-refractivity contribution in [3.05, 3.63) is 65.7 Å². The molecule has 1 saturated carbocycles. The van der Waals surface area contributed by atoms with Gasteiger partial charge in [0.25, 0.3) is 0 Å². The number of rotatable bonds is 8. The molecule has 0 radical (unpaired) electrons. The van der Waals surface area contributed by atoms with Crippen molar-refractivity contribution in [2.24, 2.45) is 11.1 Å². The van der Waals surface area contributed by atoms with Crippen molar-refractivity contribution >= 4 is 34.8 Å². The van der Waals surface area contributed by atoms with Gasteiger partial charge in [0, 0.05) is 34.4 Å². The molecule has 1 aliphatic rings. The third-order valence-corrected chi connectivity index (χ3v) is 6.90. The lowest BCUT2D eigenvalue weighted by atomic mass is 9.71. The van der Waals surface area contributed by atoms with Gasteiger partial charge in [0.1, 0.15) is 0 Å². The van der Waals surface area contributed by atoms with E-state index < -0.39 is 10.8 Å². The fraction of sp³-hybridized carbons (Fsp3) is 0.435. The molecule has 0 saturated heterocycles. The first kappa shape index (κ1) is 23.6. The molecular formula is C23H31ClN2O2S. The van der Waals surface area contributed by atoms with E-state index in [0.29, 0.717) is 24.5 Å². The van der Waals surface area contributed by atoms with Gasteiger partial charge in [0.05, 0.1) is 0 Å². The largest absolute Gasteiger partial charge is 0.330 e. The Hall–Kier alpha value is -1.69. The van der Waals surface area contributed by atoms with Crippen molar-refractivity contribution in [2.45, 2.75) is 50.0 Å². The Kier molecular flexibility index (Phi) is 9.34. The molecule has 3 N–H and O–H groups in total. The molecule has 0 heterocycles. The summed E-state index contributed by atoms with van der Waals surface area (Å²) in [5.74, 6) is 1.04. The van der Waals surface area contributed by atoms with Crippen molar-refractivity contribution in [3.8, 4) is 0 Å². The average Bonchev–Trinajstić information content (AvgIpc) is 2.69. The standard InChI is InChI=1S/C23H30N2O2S.ClH/c24-18-23(12-5-2-6-13-23)15-22(26)25-21-11-7-10-20(14-21)17-28(27)16-19-8-3-1-4-9-19;/h1,3-4,7-11,14H,2,5-6,12-13,15-18,24H2,(H,25,26);1H. The number of carbonyl (C=O) groups excluding carboxylic acids is 1. The molecular weight excluding hydrogens is 404 g/mol. The summed E-state index contributed by atoms with van der Waals surface area (Å²) in [6.45, 7) is 0.568. The summed E-state index contributed by atoms with van der Waals surface area (Å²) in [6.07, 6.45) is 6.12. The Morgan fingerprint density at radius 1 is 0.966 bits per heavy atom. The molecule has 2 aromatic rings. The summed E-state index contributed by atoms with van der Waals surface area (Å²) >= 11 is 0. The highest BCUT2D eigenvalue weighted by Crippen LogP contribution is 2.38. The number of benzene rings is 2. The molecule has 3 rings (SSSR count). The molecule has 4 nitrogen and oxygen atoms in total. The number of nitrogens with two attached hydrogens (primary N) is 1. The van der Waals surface area contributed by atoms with E-state index in [1.54, 1.807) is 0 Å². The molecule has 0 bridgehead atoms. The van der Waals surface area contributed by atoms with Crippen molar-refractivity contribution in [1.82, 2.24) is 0 Å². The smallest absolute Gasteiger partial charge is 0.224 e. The van der Waals surface area contributed by atoms with Gasteiger partial charge in [-0.25, -0.2) is 0 Å². The van der Waals surface area contributed by atoms with Gasteiger partial charge in [0.15, 0.2) is 0 Å². The van der Waals surface area contributed by atoms with E-state index in [1.165, 1.54) is 6.42 Å². The zero-order valence-corrected chi connectivity index (χ0v) is 18.4. The summed E-state index contributed by atoms with van der Waals surface area (Å²) < 4.78 is 12.5. The number of nitrogens with one attached hydrogen (secondary N) is 1. The van der Waals surface area contributed by atoms with Crippen molar-refractivity contribution in [2.75, 3.05) is 11.9 Å². The van der Waals surface area contributed by atoms with Crippen LogP contribution in [0.5, 0.6) is 0 Å². The number of hydrogen-bond donors (Lipinski definition) is 2. The van der Waals surface area contributed by atoms with E-state index in [0.717, 1.165) is 42.5 Å². The van der Waals surface area contributed by atoms with Gasteiger partial charge >= 0.3 is 0 Å². The Balaban J connectivity index is 0.00000300. The minimum absolute atomic E-state index is 0. The van der Waals surface area contributed by atoms with Crippen LogP contribution in [0.4, 0.5) is 5.69 Å². The molecule has 0 spiro atoms. The van der Waals surface area contributed by atoms with E-state index in [1.807, 2.05) is 54.6 Å². The van der Waals surface area contributed by atoms with Crippen LogP contribution in [0.25, 0.3) is 0 Å². The number of halogens is 1. The quantitative estimate of drug-likeness (QED) is 0.627. The van der Waals surface area contributed by atoms with Gasteiger partial charge < -0.3 is 11.1 Å². The van der Waals surface area contributed by atoms with Gasteiger partial charge in [-0.1, -0.05) is 61.7 Å². The zero-order valence-electron chi connectivity index (χ0n) is 16.8. The number of hydrogen-bond acceptors (Lipinski definition) is 3. The first-order chi connectivity index (χ1) is 13.6. The number of carbonyl (C=O) groups is 1. The maximum Gasteiger partial charge on any atom is 0.224 e. The van der Waals surface area contributed by atoms with Crippen LogP contribution in [-0.2, 0) is 27.1 Å². The maximum absolute atomic E-state index is 12.6. The molecule has 6 heteroatoms. The molecule has 1 aliphatic carbocycles. The topological polar surface area (TPSA) is 72.2 Å². The first-order valence-electron chi connectivity index (χ1n) is 10.1.